The van der Waals surface area contributed by atoms with E-state index in [4.69, 9.17) is 32.5 Å². The number of carbonyl (C=O) groups excluding carboxylic acids is 2. The van der Waals surface area contributed by atoms with Gasteiger partial charge in [0.25, 0.3) is 0 Å². The second-order valence-electron chi connectivity index (χ2n) is 12.7. The van der Waals surface area contributed by atoms with Crippen LogP contribution in [0.4, 0.5) is 0 Å². The molecule has 2 aromatic rings. The average molecular weight is 577 g/mol. The number of esters is 1. The van der Waals surface area contributed by atoms with Crippen LogP contribution in [0.25, 0.3) is 0 Å². The summed E-state index contributed by atoms with van der Waals surface area (Å²) in [6.45, 7) is 10.1. The van der Waals surface area contributed by atoms with Gasteiger partial charge in [-0.3, -0.25) is 9.59 Å². The molecule has 0 amide bonds. The summed E-state index contributed by atoms with van der Waals surface area (Å²) in [6.07, 6.45) is 8.65. The third-order valence-corrected chi connectivity index (χ3v) is 8.88. The summed E-state index contributed by atoms with van der Waals surface area (Å²) in [5, 5.41) is 5.56. The van der Waals surface area contributed by atoms with Gasteiger partial charge >= 0.3 is 5.97 Å². The average Bonchev–Trinajstić information content (AvgIpc) is 3.57. The Balaban J connectivity index is 1.54. The zero-order valence-corrected chi connectivity index (χ0v) is 25.5. The van der Waals surface area contributed by atoms with E-state index >= 15 is 0 Å². The second-order valence-corrected chi connectivity index (χ2v) is 13.6. The van der Waals surface area contributed by atoms with Crippen LogP contribution in [0.2, 0.25) is 10.0 Å². The summed E-state index contributed by atoms with van der Waals surface area (Å²) in [7, 11) is 0. The van der Waals surface area contributed by atoms with Crippen molar-refractivity contribution in [3.05, 3.63) is 50.8 Å². The molecule has 2 aliphatic carbocycles. The number of Topliss-reactive ketones (excluding diaryl/α,β-unsaturated/α-hetero) is 1. The van der Waals surface area contributed by atoms with Gasteiger partial charge in [-0.1, -0.05) is 61.1 Å². The van der Waals surface area contributed by atoms with Crippen LogP contribution in [0.15, 0.2) is 22.7 Å². The molecule has 214 valence electrons. The number of nitrogens with zero attached hydrogens (tertiary/aromatic N) is 1. The predicted octanol–water partition coefficient (Wildman–Crippen LogP) is 9.20. The van der Waals surface area contributed by atoms with Crippen LogP contribution in [0.3, 0.4) is 0 Å². The van der Waals surface area contributed by atoms with Crippen molar-refractivity contribution in [1.29, 1.82) is 0 Å². The van der Waals surface area contributed by atoms with E-state index < -0.39 is 11.5 Å². The summed E-state index contributed by atoms with van der Waals surface area (Å²) < 4.78 is 11.7. The van der Waals surface area contributed by atoms with E-state index in [1.54, 1.807) is 18.2 Å². The summed E-state index contributed by atoms with van der Waals surface area (Å²) in [5.74, 6) is 2.58. The summed E-state index contributed by atoms with van der Waals surface area (Å²) >= 11 is 12.4. The highest BCUT2D eigenvalue weighted by atomic mass is 35.5. The highest BCUT2D eigenvalue weighted by Crippen LogP contribution is 2.53. The van der Waals surface area contributed by atoms with Crippen molar-refractivity contribution < 1.29 is 18.8 Å². The molecular formula is C32H43Cl2NO4. The Kier molecular flexibility index (Phi) is 9.86. The fourth-order valence-corrected chi connectivity index (χ4v) is 6.48. The van der Waals surface area contributed by atoms with Crippen LogP contribution in [0.1, 0.15) is 133 Å². The van der Waals surface area contributed by atoms with Crippen molar-refractivity contribution in [2.75, 3.05) is 0 Å². The van der Waals surface area contributed by atoms with Gasteiger partial charge in [0.2, 0.25) is 0 Å². The van der Waals surface area contributed by atoms with Crippen LogP contribution >= 0.6 is 23.2 Å². The maximum atomic E-state index is 13.3. The van der Waals surface area contributed by atoms with Gasteiger partial charge in [-0.15, -0.1) is 0 Å². The molecule has 0 saturated heterocycles. The van der Waals surface area contributed by atoms with Crippen LogP contribution in [0, 0.1) is 11.8 Å². The molecule has 1 heterocycles. The maximum absolute atomic E-state index is 13.3. The molecule has 0 N–H and O–H groups in total. The SMILES string of the molecule is CCC(CC)CC1CC(c2onc(C(CC(=O)Cc3ccc(Cl)cc3Cl)CC(=O)OC(C)(C)C)c2C2CC2)C1. The van der Waals surface area contributed by atoms with Crippen molar-refractivity contribution >= 4 is 35.0 Å². The number of hydrogen-bond donors (Lipinski definition) is 0. The third-order valence-electron chi connectivity index (χ3n) is 8.29. The lowest BCUT2D eigenvalue weighted by molar-refractivity contribution is -0.155. The molecule has 1 aromatic heterocycles. The first kappa shape index (κ1) is 30.1. The minimum absolute atomic E-state index is 0.00652. The Labute approximate surface area is 243 Å². The first-order valence-electron chi connectivity index (χ1n) is 14.6. The Morgan fingerprint density at radius 3 is 2.36 bits per heavy atom. The maximum Gasteiger partial charge on any atom is 0.306 e. The third kappa shape index (κ3) is 8.10. The molecular weight excluding hydrogens is 533 g/mol. The lowest BCUT2D eigenvalue weighted by Gasteiger charge is -2.36. The van der Waals surface area contributed by atoms with Gasteiger partial charge in [0.15, 0.2) is 0 Å². The van der Waals surface area contributed by atoms with E-state index in [2.05, 4.69) is 19.0 Å². The largest absolute Gasteiger partial charge is 0.460 e. The fourth-order valence-electron chi connectivity index (χ4n) is 6.00. The van der Waals surface area contributed by atoms with Gasteiger partial charge in [-0.05, 0) is 88.3 Å². The Bertz CT molecular complexity index is 1150. The number of benzene rings is 1. The zero-order valence-electron chi connectivity index (χ0n) is 24.0. The molecule has 1 atom stereocenters. The van der Waals surface area contributed by atoms with Gasteiger partial charge in [-0.2, -0.15) is 0 Å². The Morgan fingerprint density at radius 1 is 1.08 bits per heavy atom. The lowest BCUT2D eigenvalue weighted by Crippen LogP contribution is -2.26. The molecule has 0 spiro atoms. The van der Waals surface area contributed by atoms with E-state index in [0.717, 1.165) is 60.1 Å². The van der Waals surface area contributed by atoms with Gasteiger partial charge in [-0.25, -0.2) is 0 Å². The van der Waals surface area contributed by atoms with Crippen molar-refractivity contribution in [2.24, 2.45) is 11.8 Å². The number of rotatable bonds is 13. The molecule has 2 fully saturated rings. The fraction of sp³-hybridized carbons (Fsp3) is 0.656. The number of carbonyl (C=O) groups is 2. The topological polar surface area (TPSA) is 69.4 Å². The lowest BCUT2D eigenvalue weighted by atomic mass is 9.68. The first-order valence-corrected chi connectivity index (χ1v) is 15.4. The molecule has 0 radical (unpaired) electrons. The number of ether oxygens (including phenoxy) is 1. The summed E-state index contributed by atoms with van der Waals surface area (Å²) in [4.78, 5) is 26.3. The van der Waals surface area contributed by atoms with Crippen molar-refractivity contribution in [3.8, 4) is 0 Å². The monoisotopic (exact) mass is 575 g/mol. The van der Waals surface area contributed by atoms with E-state index in [1.165, 1.54) is 19.3 Å². The Morgan fingerprint density at radius 2 is 1.77 bits per heavy atom. The van der Waals surface area contributed by atoms with E-state index in [9.17, 15) is 9.59 Å². The van der Waals surface area contributed by atoms with Crippen LogP contribution < -0.4 is 0 Å². The van der Waals surface area contributed by atoms with E-state index in [0.29, 0.717) is 21.9 Å². The smallest absolute Gasteiger partial charge is 0.306 e. The molecule has 4 rings (SSSR count). The standard InChI is InChI=1S/C32H43Cl2NO4/c1-6-19(7-2)12-20-13-24(14-20)31-29(21-8-9-21)30(35-39-31)23(17-28(37)38-32(3,4)5)16-26(36)15-22-10-11-25(33)18-27(22)34/h10-11,18-21,23-24H,6-9,12-17H2,1-5H3. The van der Waals surface area contributed by atoms with Crippen molar-refractivity contribution in [3.63, 3.8) is 0 Å². The van der Waals surface area contributed by atoms with Crippen molar-refractivity contribution in [1.82, 2.24) is 5.16 Å². The summed E-state index contributed by atoms with van der Waals surface area (Å²) in [5.41, 5.74) is 2.06. The van der Waals surface area contributed by atoms with Gasteiger partial charge < -0.3 is 9.26 Å². The minimum Gasteiger partial charge on any atom is -0.460 e. The predicted molar refractivity (Wildman–Crippen MR) is 156 cm³/mol. The number of ketones is 1. The number of halogens is 2. The molecule has 1 aromatic carbocycles. The van der Waals surface area contributed by atoms with E-state index in [-0.39, 0.29) is 31.0 Å². The van der Waals surface area contributed by atoms with Gasteiger partial charge in [0, 0.05) is 40.3 Å². The summed E-state index contributed by atoms with van der Waals surface area (Å²) in [6, 6.07) is 5.16. The minimum atomic E-state index is -0.605. The molecule has 0 bridgehead atoms. The highest BCUT2D eigenvalue weighted by Gasteiger charge is 2.42. The highest BCUT2D eigenvalue weighted by molar-refractivity contribution is 6.35. The van der Waals surface area contributed by atoms with Gasteiger partial charge in [0.1, 0.15) is 17.1 Å². The first-order chi connectivity index (χ1) is 18.5. The number of hydrogen-bond acceptors (Lipinski definition) is 5. The van der Waals surface area contributed by atoms with Crippen LogP contribution in [-0.4, -0.2) is 22.5 Å². The van der Waals surface area contributed by atoms with Gasteiger partial charge in [0.05, 0.1) is 12.1 Å². The second kappa shape index (κ2) is 12.8. The quantitative estimate of drug-likeness (QED) is 0.222. The molecule has 7 heteroatoms. The molecule has 2 saturated carbocycles. The number of aromatic nitrogens is 1. The normalized spacial score (nSPS) is 20.1. The van der Waals surface area contributed by atoms with Crippen LogP contribution in [-0.2, 0) is 20.7 Å². The van der Waals surface area contributed by atoms with E-state index in [1.807, 2.05) is 20.8 Å². The Hall–Kier alpha value is -1.85. The molecule has 2 aliphatic rings. The molecule has 0 aliphatic heterocycles. The van der Waals surface area contributed by atoms with Crippen molar-refractivity contribution in [2.45, 2.75) is 122 Å². The molecule has 1 unspecified atom stereocenters. The zero-order chi connectivity index (χ0) is 28.3. The molecule has 39 heavy (non-hydrogen) atoms. The molecule has 5 nitrogen and oxygen atoms in total. The van der Waals surface area contributed by atoms with Crippen LogP contribution in [0.5, 0.6) is 0 Å².